The Kier molecular flexibility index (Phi) is 3.65. The molecule has 0 bridgehead atoms. The zero-order valence-electron chi connectivity index (χ0n) is 9.92. The van der Waals surface area contributed by atoms with Crippen LogP contribution in [-0.2, 0) is 9.47 Å². The minimum Gasteiger partial charge on any atom is -0.379 e. The number of rotatable bonds is 5. The molecule has 0 radical (unpaired) electrons. The van der Waals surface area contributed by atoms with Crippen LogP contribution in [0.5, 0.6) is 0 Å². The van der Waals surface area contributed by atoms with Crippen molar-refractivity contribution in [2.45, 2.75) is 44.8 Å². The maximum Gasteiger partial charge on any atom is 0.0940 e. The van der Waals surface area contributed by atoms with Gasteiger partial charge < -0.3 is 14.8 Å². The number of ether oxygens (including phenoxy) is 2. The molecule has 3 heteroatoms. The van der Waals surface area contributed by atoms with Crippen LogP contribution in [0.3, 0.4) is 0 Å². The quantitative estimate of drug-likeness (QED) is 0.703. The Balaban J connectivity index is 1.57. The maximum absolute atomic E-state index is 5.91. The molecule has 1 saturated carbocycles. The van der Waals surface area contributed by atoms with E-state index < -0.39 is 0 Å². The summed E-state index contributed by atoms with van der Waals surface area (Å²) in [5.74, 6) is 0.965. The van der Waals surface area contributed by atoms with Crippen LogP contribution in [0.25, 0.3) is 0 Å². The fourth-order valence-electron chi connectivity index (χ4n) is 2.03. The first-order valence-corrected chi connectivity index (χ1v) is 6.12. The van der Waals surface area contributed by atoms with Crippen molar-refractivity contribution in [2.24, 2.45) is 5.92 Å². The number of hydrogen-bond acceptors (Lipinski definition) is 3. The van der Waals surface area contributed by atoms with Crippen LogP contribution >= 0.6 is 0 Å². The van der Waals surface area contributed by atoms with Crippen LogP contribution in [0.4, 0.5) is 0 Å². The standard InChI is InChI=1S/C12H23NO2/c1-12(2)9-13-7-11(15-12)8-14-6-5-10-3-4-10/h10-11,13H,3-9H2,1-2H3. The SMILES string of the molecule is CC1(C)CNCC(COCCC2CC2)O1. The molecular formula is C12H23NO2. The fourth-order valence-corrected chi connectivity index (χ4v) is 2.03. The Morgan fingerprint density at radius 1 is 1.40 bits per heavy atom. The molecule has 1 saturated heterocycles. The van der Waals surface area contributed by atoms with Crippen LogP contribution in [-0.4, -0.2) is 38.0 Å². The Hall–Kier alpha value is -0.120. The molecule has 1 N–H and O–H groups in total. The van der Waals surface area contributed by atoms with E-state index in [-0.39, 0.29) is 11.7 Å². The molecule has 3 nitrogen and oxygen atoms in total. The van der Waals surface area contributed by atoms with Crippen molar-refractivity contribution in [3.05, 3.63) is 0 Å². The van der Waals surface area contributed by atoms with Gasteiger partial charge >= 0.3 is 0 Å². The Morgan fingerprint density at radius 3 is 2.87 bits per heavy atom. The normalized spacial score (nSPS) is 30.4. The van der Waals surface area contributed by atoms with Crippen molar-refractivity contribution in [1.29, 1.82) is 0 Å². The molecule has 2 rings (SSSR count). The first kappa shape index (κ1) is 11.4. The van der Waals surface area contributed by atoms with E-state index in [9.17, 15) is 0 Å². The van der Waals surface area contributed by atoms with E-state index in [2.05, 4.69) is 19.2 Å². The lowest BCUT2D eigenvalue weighted by Crippen LogP contribution is -2.51. The second kappa shape index (κ2) is 4.81. The highest BCUT2D eigenvalue weighted by Crippen LogP contribution is 2.32. The van der Waals surface area contributed by atoms with E-state index in [0.717, 1.165) is 32.2 Å². The van der Waals surface area contributed by atoms with Crippen LogP contribution in [0.2, 0.25) is 0 Å². The summed E-state index contributed by atoms with van der Waals surface area (Å²) in [6, 6.07) is 0. The minimum absolute atomic E-state index is 0.0389. The molecule has 0 aromatic rings. The van der Waals surface area contributed by atoms with Crippen molar-refractivity contribution < 1.29 is 9.47 Å². The maximum atomic E-state index is 5.91. The molecule has 0 aromatic heterocycles. The van der Waals surface area contributed by atoms with Crippen LogP contribution in [0.1, 0.15) is 33.1 Å². The highest BCUT2D eigenvalue weighted by Gasteiger charge is 2.28. The van der Waals surface area contributed by atoms with Crippen molar-refractivity contribution in [1.82, 2.24) is 5.32 Å². The highest BCUT2D eigenvalue weighted by molar-refractivity contribution is 4.81. The summed E-state index contributed by atoms with van der Waals surface area (Å²) in [4.78, 5) is 0. The molecule has 1 heterocycles. The third kappa shape index (κ3) is 4.09. The van der Waals surface area contributed by atoms with Crippen molar-refractivity contribution in [2.75, 3.05) is 26.3 Å². The zero-order valence-corrected chi connectivity index (χ0v) is 9.92. The molecule has 1 aliphatic heterocycles. The number of morpholine rings is 1. The molecule has 2 fully saturated rings. The van der Waals surface area contributed by atoms with Gasteiger partial charge in [-0.25, -0.2) is 0 Å². The molecule has 88 valence electrons. The van der Waals surface area contributed by atoms with Gasteiger partial charge in [-0.15, -0.1) is 0 Å². The zero-order chi connectivity index (χ0) is 10.7. The van der Waals surface area contributed by atoms with E-state index in [0.29, 0.717) is 0 Å². The summed E-state index contributed by atoms with van der Waals surface area (Å²) in [5, 5.41) is 3.38. The predicted octanol–water partition coefficient (Wildman–Crippen LogP) is 1.57. The van der Waals surface area contributed by atoms with E-state index in [1.807, 2.05) is 0 Å². The number of nitrogens with one attached hydrogen (secondary N) is 1. The summed E-state index contributed by atoms with van der Waals surface area (Å²) in [6.45, 7) is 7.75. The average molecular weight is 213 g/mol. The molecule has 0 amide bonds. The largest absolute Gasteiger partial charge is 0.379 e. The van der Waals surface area contributed by atoms with Gasteiger partial charge in [0.25, 0.3) is 0 Å². The first-order valence-electron chi connectivity index (χ1n) is 6.12. The molecule has 2 aliphatic rings. The third-order valence-electron chi connectivity index (χ3n) is 3.08. The summed E-state index contributed by atoms with van der Waals surface area (Å²) in [5.41, 5.74) is -0.0389. The predicted molar refractivity (Wildman–Crippen MR) is 60.0 cm³/mol. The fraction of sp³-hybridized carbons (Fsp3) is 1.00. The van der Waals surface area contributed by atoms with Crippen LogP contribution in [0, 0.1) is 5.92 Å². The van der Waals surface area contributed by atoms with E-state index in [4.69, 9.17) is 9.47 Å². The van der Waals surface area contributed by atoms with Crippen molar-refractivity contribution >= 4 is 0 Å². The number of hydrogen-bond donors (Lipinski definition) is 1. The smallest absolute Gasteiger partial charge is 0.0940 e. The van der Waals surface area contributed by atoms with Crippen LogP contribution < -0.4 is 5.32 Å². The molecule has 1 aliphatic carbocycles. The molecular weight excluding hydrogens is 190 g/mol. The van der Waals surface area contributed by atoms with Gasteiger partial charge in [0.15, 0.2) is 0 Å². The lowest BCUT2D eigenvalue weighted by Gasteiger charge is -2.36. The van der Waals surface area contributed by atoms with Crippen molar-refractivity contribution in [3.63, 3.8) is 0 Å². The topological polar surface area (TPSA) is 30.5 Å². The van der Waals surface area contributed by atoms with Gasteiger partial charge in [-0.2, -0.15) is 0 Å². The van der Waals surface area contributed by atoms with Crippen molar-refractivity contribution in [3.8, 4) is 0 Å². The molecule has 15 heavy (non-hydrogen) atoms. The lowest BCUT2D eigenvalue weighted by atomic mass is 10.1. The Labute approximate surface area is 92.5 Å². The van der Waals surface area contributed by atoms with E-state index in [1.54, 1.807) is 0 Å². The summed E-state index contributed by atoms with van der Waals surface area (Å²) < 4.78 is 11.6. The van der Waals surface area contributed by atoms with Gasteiger partial charge in [0.05, 0.1) is 18.3 Å². The van der Waals surface area contributed by atoms with Gasteiger partial charge in [0.2, 0.25) is 0 Å². The van der Waals surface area contributed by atoms with Gasteiger partial charge in [-0.1, -0.05) is 12.8 Å². The summed E-state index contributed by atoms with van der Waals surface area (Å²) in [7, 11) is 0. The molecule has 1 unspecified atom stereocenters. The van der Waals surface area contributed by atoms with Gasteiger partial charge in [0, 0.05) is 19.7 Å². The molecule has 0 spiro atoms. The average Bonchev–Trinajstić information content (AvgIpc) is 2.94. The second-order valence-corrected chi connectivity index (χ2v) is 5.44. The lowest BCUT2D eigenvalue weighted by molar-refractivity contribution is -0.120. The van der Waals surface area contributed by atoms with E-state index >= 15 is 0 Å². The summed E-state index contributed by atoms with van der Waals surface area (Å²) >= 11 is 0. The van der Waals surface area contributed by atoms with E-state index in [1.165, 1.54) is 19.3 Å². The first-order chi connectivity index (χ1) is 7.16. The monoisotopic (exact) mass is 213 g/mol. The summed E-state index contributed by atoms with van der Waals surface area (Å²) in [6.07, 6.45) is 4.30. The second-order valence-electron chi connectivity index (χ2n) is 5.44. The Bertz CT molecular complexity index is 202. The van der Waals surface area contributed by atoms with Gasteiger partial charge in [0.1, 0.15) is 0 Å². The van der Waals surface area contributed by atoms with Crippen LogP contribution in [0.15, 0.2) is 0 Å². The van der Waals surface area contributed by atoms with Gasteiger partial charge in [-0.3, -0.25) is 0 Å². The third-order valence-corrected chi connectivity index (χ3v) is 3.08. The van der Waals surface area contributed by atoms with Gasteiger partial charge in [-0.05, 0) is 26.2 Å². The molecule has 0 aromatic carbocycles. The Morgan fingerprint density at radius 2 is 2.20 bits per heavy atom. The highest BCUT2D eigenvalue weighted by atomic mass is 16.5. The minimum atomic E-state index is -0.0389. The molecule has 1 atom stereocenters.